The number of rotatable bonds is 4. The van der Waals surface area contributed by atoms with Gasteiger partial charge in [0.15, 0.2) is 5.82 Å². The zero-order valence-corrected chi connectivity index (χ0v) is 17.0. The lowest BCUT2D eigenvalue weighted by atomic mass is 9.97. The molecule has 0 bridgehead atoms. The topological polar surface area (TPSA) is 58.5 Å². The Labute approximate surface area is 171 Å². The highest BCUT2D eigenvalue weighted by Gasteiger charge is 2.28. The first-order chi connectivity index (χ1) is 14.2. The van der Waals surface area contributed by atoms with E-state index in [1.165, 1.54) is 5.82 Å². The molecule has 0 saturated carbocycles. The second-order valence-corrected chi connectivity index (χ2v) is 8.12. The number of imidazole rings is 2. The van der Waals surface area contributed by atoms with Crippen molar-refractivity contribution in [3.05, 3.63) is 60.4 Å². The first-order valence-electron chi connectivity index (χ1n) is 10.6. The minimum Gasteiger partial charge on any atom is -0.337 e. The van der Waals surface area contributed by atoms with Crippen molar-refractivity contribution in [2.75, 3.05) is 13.1 Å². The summed E-state index contributed by atoms with van der Waals surface area (Å²) in [6.07, 6.45) is 2.25. The number of aromatic amines is 1. The van der Waals surface area contributed by atoms with Gasteiger partial charge in [0.2, 0.25) is 0 Å². The van der Waals surface area contributed by atoms with Gasteiger partial charge in [0.25, 0.3) is 0 Å². The van der Waals surface area contributed by atoms with Crippen molar-refractivity contribution in [1.82, 2.24) is 24.8 Å². The molecule has 1 saturated heterocycles. The van der Waals surface area contributed by atoms with E-state index in [2.05, 4.69) is 71.2 Å². The molecule has 0 radical (unpaired) electrons. The monoisotopic (exact) mass is 385 g/mol. The molecule has 2 aromatic heterocycles. The SMILES string of the molecule is CC(C)n1c(C2CCNCC2)nc(-c2ccccc2)c1-c1nc2ccccc2[nH]1. The number of piperidine rings is 1. The fourth-order valence-electron chi connectivity index (χ4n) is 4.43. The molecule has 5 nitrogen and oxygen atoms in total. The summed E-state index contributed by atoms with van der Waals surface area (Å²) in [5.41, 5.74) is 5.29. The van der Waals surface area contributed by atoms with Crippen molar-refractivity contribution in [1.29, 1.82) is 0 Å². The smallest absolute Gasteiger partial charge is 0.157 e. The predicted molar refractivity (Wildman–Crippen MR) is 118 cm³/mol. The third kappa shape index (κ3) is 3.25. The van der Waals surface area contributed by atoms with Crippen LogP contribution in [0.3, 0.4) is 0 Å². The van der Waals surface area contributed by atoms with Crippen molar-refractivity contribution in [3.63, 3.8) is 0 Å². The third-order valence-electron chi connectivity index (χ3n) is 5.82. The first-order valence-corrected chi connectivity index (χ1v) is 10.6. The predicted octanol–water partition coefficient (Wildman–Crippen LogP) is 5.14. The summed E-state index contributed by atoms with van der Waals surface area (Å²) in [5.74, 6) is 2.56. The van der Waals surface area contributed by atoms with E-state index in [1.807, 2.05) is 12.1 Å². The summed E-state index contributed by atoms with van der Waals surface area (Å²) >= 11 is 0. The first kappa shape index (κ1) is 18.1. The standard InChI is InChI=1S/C24H27N5/c1-16(2)29-22(23-26-19-10-6-7-11-20(19)27-23)21(17-8-4-3-5-9-17)28-24(29)18-12-14-25-15-13-18/h3-11,16,18,25H,12-15H2,1-2H3,(H,26,27). The second kappa shape index (κ2) is 7.48. The number of para-hydroxylation sites is 2. The average molecular weight is 386 g/mol. The maximum atomic E-state index is 5.25. The van der Waals surface area contributed by atoms with Gasteiger partial charge in [-0.3, -0.25) is 0 Å². The average Bonchev–Trinajstić information content (AvgIpc) is 3.36. The lowest BCUT2D eigenvalue weighted by Crippen LogP contribution is -2.28. The van der Waals surface area contributed by atoms with Gasteiger partial charge < -0.3 is 14.9 Å². The number of hydrogen-bond acceptors (Lipinski definition) is 3. The van der Waals surface area contributed by atoms with Gasteiger partial charge in [0, 0.05) is 17.5 Å². The molecule has 148 valence electrons. The third-order valence-corrected chi connectivity index (χ3v) is 5.82. The number of H-pyrrole nitrogens is 1. The highest BCUT2D eigenvalue weighted by molar-refractivity contribution is 5.83. The van der Waals surface area contributed by atoms with Crippen LogP contribution in [0.1, 0.15) is 44.5 Å². The van der Waals surface area contributed by atoms with Crippen LogP contribution in [0.4, 0.5) is 0 Å². The highest BCUT2D eigenvalue weighted by Crippen LogP contribution is 2.38. The summed E-state index contributed by atoms with van der Waals surface area (Å²) in [4.78, 5) is 13.7. The van der Waals surface area contributed by atoms with Crippen LogP contribution in [0.5, 0.6) is 0 Å². The van der Waals surface area contributed by atoms with Crippen LogP contribution in [0, 0.1) is 0 Å². The van der Waals surface area contributed by atoms with Crippen molar-refractivity contribution >= 4 is 11.0 Å². The van der Waals surface area contributed by atoms with Crippen molar-refractivity contribution in [2.24, 2.45) is 0 Å². The lowest BCUT2D eigenvalue weighted by molar-refractivity contribution is 0.421. The Hall–Kier alpha value is -2.92. The normalized spacial score (nSPS) is 15.4. The quantitative estimate of drug-likeness (QED) is 0.511. The summed E-state index contributed by atoms with van der Waals surface area (Å²) < 4.78 is 2.41. The summed E-state index contributed by atoms with van der Waals surface area (Å²) in [5, 5.41) is 3.48. The Morgan fingerprint density at radius 3 is 2.38 bits per heavy atom. The maximum absolute atomic E-state index is 5.25. The molecule has 0 unspecified atom stereocenters. The van der Waals surface area contributed by atoms with E-state index >= 15 is 0 Å². The largest absolute Gasteiger partial charge is 0.337 e. The summed E-state index contributed by atoms with van der Waals surface area (Å²) in [6.45, 7) is 6.59. The summed E-state index contributed by atoms with van der Waals surface area (Å²) in [7, 11) is 0. The van der Waals surface area contributed by atoms with Crippen LogP contribution in [0.2, 0.25) is 0 Å². The van der Waals surface area contributed by atoms with Crippen molar-refractivity contribution in [3.8, 4) is 22.8 Å². The van der Waals surface area contributed by atoms with E-state index in [0.717, 1.165) is 59.7 Å². The van der Waals surface area contributed by atoms with Gasteiger partial charge in [-0.25, -0.2) is 9.97 Å². The fraction of sp³-hybridized carbons (Fsp3) is 0.333. The number of nitrogens with one attached hydrogen (secondary N) is 2. The Kier molecular flexibility index (Phi) is 4.68. The molecule has 0 amide bonds. The number of fused-ring (bicyclic) bond motifs is 1. The molecular formula is C24H27N5. The van der Waals surface area contributed by atoms with E-state index in [4.69, 9.17) is 9.97 Å². The molecule has 2 N–H and O–H groups in total. The van der Waals surface area contributed by atoms with Crippen LogP contribution in [0.25, 0.3) is 33.8 Å². The molecule has 1 fully saturated rings. The number of benzene rings is 2. The van der Waals surface area contributed by atoms with Crippen LogP contribution in [-0.2, 0) is 0 Å². The zero-order valence-electron chi connectivity index (χ0n) is 17.0. The lowest BCUT2D eigenvalue weighted by Gasteiger charge is -2.25. The van der Waals surface area contributed by atoms with E-state index in [0.29, 0.717) is 12.0 Å². The molecular weight excluding hydrogens is 358 g/mol. The van der Waals surface area contributed by atoms with Crippen molar-refractivity contribution in [2.45, 2.75) is 38.6 Å². The minimum absolute atomic E-state index is 0.299. The molecule has 3 heterocycles. The fourth-order valence-corrected chi connectivity index (χ4v) is 4.43. The van der Waals surface area contributed by atoms with Gasteiger partial charge in [-0.15, -0.1) is 0 Å². The van der Waals surface area contributed by atoms with Crippen LogP contribution in [0.15, 0.2) is 54.6 Å². The molecule has 4 aromatic rings. The molecule has 2 aromatic carbocycles. The van der Waals surface area contributed by atoms with Gasteiger partial charge in [-0.05, 0) is 51.9 Å². The van der Waals surface area contributed by atoms with Gasteiger partial charge in [0.1, 0.15) is 11.5 Å². The van der Waals surface area contributed by atoms with E-state index < -0.39 is 0 Å². The number of nitrogens with zero attached hydrogens (tertiary/aromatic N) is 3. The van der Waals surface area contributed by atoms with E-state index in [1.54, 1.807) is 0 Å². The van der Waals surface area contributed by atoms with Gasteiger partial charge in [-0.1, -0.05) is 42.5 Å². The van der Waals surface area contributed by atoms with Crippen LogP contribution in [-0.4, -0.2) is 32.6 Å². The maximum Gasteiger partial charge on any atom is 0.157 e. The highest BCUT2D eigenvalue weighted by atomic mass is 15.1. The Morgan fingerprint density at radius 1 is 0.931 bits per heavy atom. The van der Waals surface area contributed by atoms with E-state index in [9.17, 15) is 0 Å². The molecule has 5 rings (SSSR count). The molecule has 0 atom stereocenters. The van der Waals surface area contributed by atoms with E-state index in [-0.39, 0.29) is 0 Å². The molecule has 0 aliphatic carbocycles. The Morgan fingerprint density at radius 2 is 1.66 bits per heavy atom. The summed E-state index contributed by atoms with van der Waals surface area (Å²) in [6, 6.07) is 19.0. The zero-order chi connectivity index (χ0) is 19.8. The number of hydrogen-bond donors (Lipinski definition) is 2. The van der Waals surface area contributed by atoms with Gasteiger partial charge >= 0.3 is 0 Å². The number of aromatic nitrogens is 4. The van der Waals surface area contributed by atoms with Crippen molar-refractivity contribution < 1.29 is 0 Å². The van der Waals surface area contributed by atoms with Gasteiger partial charge in [-0.2, -0.15) is 0 Å². The minimum atomic E-state index is 0.299. The molecule has 0 spiro atoms. The molecule has 29 heavy (non-hydrogen) atoms. The van der Waals surface area contributed by atoms with Crippen LogP contribution >= 0.6 is 0 Å². The molecule has 5 heteroatoms. The Balaban J connectivity index is 1.77. The van der Waals surface area contributed by atoms with Gasteiger partial charge in [0.05, 0.1) is 16.7 Å². The molecule has 1 aliphatic rings. The second-order valence-electron chi connectivity index (χ2n) is 8.12. The van der Waals surface area contributed by atoms with Crippen LogP contribution < -0.4 is 5.32 Å². The molecule has 1 aliphatic heterocycles. The Bertz CT molecular complexity index is 1080.